The number of fused-ring (bicyclic) bond motifs is 1. The van der Waals surface area contributed by atoms with Crippen molar-refractivity contribution < 1.29 is 9.59 Å². The van der Waals surface area contributed by atoms with E-state index >= 15 is 0 Å². The minimum absolute atomic E-state index is 0.0827. The fourth-order valence-corrected chi connectivity index (χ4v) is 5.80. The van der Waals surface area contributed by atoms with Crippen LogP contribution in [0.2, 0.25) is 0 Å². The third-order valence-electron chi connectivity index (χ3n) is 7.53. The first-order valence-electron chi connectivity index (χ1n) is 11.8. The third kappa shape index (κ3) is 3.32. The molecule has 174 valence electrons. The molecular formula is C26H28N6O2. The first-order chi connectivity index (χ1) is 16.4. The Hall–Kier alpha value is -3.52. The summed E-state index contributed by atoms with van der Waals surface area (Å²) in [5, 5.41) is 7.60. The Morgan fingerprint density at radius 2 is 1.97 bits per heavy atom. The number of rotatable bonds is 4. The molecule has 8 nitrogen and oxygen atoms in total. The van der Waals surface area contributed by atoms with Crippen LogP contribution in [-0.4, -0.2) is 70.0 Å². The molecule has 3 aliphatic heterocycles. The summed E-state index contributed by atoms with van der Waals surface area (Å²) >= 11 is 0. The molecular weight excluding hydrogens is 428 g/mol. The molecule has 2 fully saturated rings. The highest BCUT2D eigenvalue weighted by molar-refractivity contribution is 6.00. The first-order valence-corrected chi connectivity index (χ1v) is 11.8. The second kappa shape index (κ2) is 7.77. The minimum atomic E-state index is 0.0827. The van der Waals surface area contributed by atoms with Crippen molar-refractivity contribution in [3.63, 3.8) is 0 Å². The zero-order chi connectivity index (χ0) is 23.4. The van der Waals surface area contributed by atoms with Crippen LogP contribution >= 0.6 is 0 Å². The number of aryl methyl sites for hydroxylation is 2. The van der Waals surface area contributed by atoms with Gasteiger partial charge in [-0.25, -0.2) is 0 Å². The Balaban J connectivity index is 1.13. The summed E-state index contributed by atoms with van der Waals surface area (Å²) in [6.45, 7) is 6.29. The molecule has 2 aromatic heterocycles. The fraction of sp³-hybridized carbons (Fsp3) is 0.385. The quantitative estimate of drug-likeness (QED) is 0.652. The molecule has 3 aliphatic rings. The number of nitrogens with one attached hydrogen (secondary N) is 1. The van der Waals surface area contributed by atoms with Gasteiger partial charge in [0.2, 0.25) is 5.91 Å². The van der Waals surface area contributed by atoms with Crippen LogP contribution in [0.15, 0.2) is 42.9 Å². The highest BCUT2D eigenvalue weighted by Gasteiger charge is 2.53. The lowest BCUT2D eigenvalue weighted by Gasteiger charge is -2.60. The van der Waals surface area contributed by atoms with E-state index in [-0.39, 0.29) is 17.2 Å². The van der Waals surface area contributed by atoms with Crippen molar-refractivity contribution >= 4 is 17.5 Å². The van der Waals surface area contributed by atoms with Crippen molar-refractivity contribution in [1.82, 2.24) is 25.0 Å². The van der Waals surface area contributed by atoms with Gasteiger partial charge in [0.15, 0.2) is 0 Å². The Morgan fingerprint density at radius 3 is 2.76 bits per heavy atom. The largest absolute Gasteiger partial charge is 0.337 e. The number of pyridine rings is 1. The summed E-state index contributed by atoms with van der Waals surface area (Å²) in [6.07, 6.45) is 6.68. The summed E-state index contributed by atoms with van der Waals surface area (Å²) < 4.78 is 0. The highest BCUT2D eigenvalue weighted by Crippen LogP contribution is 2.42. The number of hydrogen-bond donors (Lipinski definition) is 1. The summed E-state index contributed by atoms with van der Waals surface area (Å²) in [5.74, 6) is 0.228. The van der Waals surface area contributed by atoms with Gasteiger partial charge in [-0.05, 0) is 30.5 Å². The van der Waals surface area contributed by atoms with Crippen molar-refractivity contribution in [1.29, 1.82) is 0 Å². The second-order valence-electron chi connectivity index (χ2n) is 10.0. The van der Waals surface area contributed by atoms with Crippen LogP contribution in [0.3, 0.4) is 0 Å². The monoisotopic (exact) mass is 456 g/mol. The highest BCUT2D eigenvalue weighted by atomic mass is 16.2. The van der Waals surface area contributed by atoms with E-state index in [1.807, 2.05) is 31.1 Å². The third-order valence-corrected chi connectivity index (χ3v) is 7.53. The molecule has 2 saturated heterocycles. The SMILES string of the molecule is Cc1ccncc1C(=O)N1CC2(CN(Cc3c[nH]nc3-c3cccc4c3N(C)C(=O)CC4)C2)C1. The van der Waals surface area contributed by atoms with Crippen LogP contribution < -0.4 is 4.90 Å². The first kappa shape index (κ1) is 21.0. The lowest BCUT2D eigenvalue weighted by molar-refractivity contribution is -0.118. The number of benzene rings is 1. The van der Waals surface area contributed by atoms with Gasteiger partial charge in [0, 0.05) is 81.3 Å². The number of carbonyl (C=O) groups excluding carboxylic acids is 2. The molecule has 0 atom stereocenters. The predicted octanol–water partition coefficient (Wildman–Crippen LogP) is 2.65. The molecule has 34 heavy (non-hydrogen) atoms. The molecule has 8 heteroatoms. The molecule has 1 aromatic carbocycles. The molecule has 0 bridgehead atoms. The van der Waals surface area contributed by atoms with Gasteiger partial charge in [-0.2, -0.15) is 5.10 Å². The number of H-pyrrole nitrogens is 1. The topological polar surface area (TPSA) is 85.4 Å². The molecule has 1 N–H and O–H groups in total. The van der Waals surface area contributed by atoms with Gasteiger partial charge in [0.25, 0.3) is 5.91 Å². The van der Waals surface area contributed by atoms with Crippen LogP contribution in [0.25, 0.3) is 11.3 Å². The molecule has 1 spiro atoms. The molecule has 2 amide bonds. The Kier molecular flexibility index (Phi) is 4.81. The van der Waals surface area contributed by atoms with Crippen LogP contribution in [0.1, 0.15) is 33.5 Å². The number of aromatic nitrogens is 3. The van der Waals surface area contributed by atoms with Gasteiger partial charge < -0.3 is 9.80 Å². The maximum Gasteiger partial charge on any atom is 0.255 e. The standard InChI is InChI=1S/C26H28N6O2/c1-17-8-9-27-11-21(17)25(34)32-15-26(16-32)13-31(14-26)12-19-10-28-29-23(19)20-5-3-4-18-6-7-22(33)30(2)24(18)20/h3-5,8-11H,6-7,12-16H2,1-2H3,(H,28,29). The van der Waals surface area contributed by atoms with Crippen LogP contribution in [0, 0.1) is 12.3 Å². The number of amides is 2. The van der Waals surface area contributed by atoms with E-state index in [0.717, 1.165) is 67.2 Å². The molecule has 6 rings (SSSR count). The van der Waals surface area contributed by atoms with Gasteiger partial charge in [-0.3, -0.25) is 24.6 Å². The van der Waals surface area contributed by atoms with Crippen molar-refractivity contribution in [2.24, 2.45) is 5.41 Å². The predicted molar refractivity (Wildman–Crippen MR) is 128 cm³/mol. The molecule has 0 radical (unpaired) electrons. The maximum absolute atomic E-state index is 12.8. The van der Waals surface area contributed by atoms with E-state index in [0.29, 0.717) is 12.0 Å². The molecule has 0 aliphatic carbocycles. The average molecular weight is 457 g/mol. The number of para-hydroxylation sites is 1. The smallest absolute Gasteiger partial charge is 0.255 e. The van der Waals surface area contributed by atoms with E-state index in [1.165, 1.54) is 5.56 Å². The number of likely N-dealkylation sites (tertiary alicyclic amines) is 2. The molecule has 3 aromatic rings. The number of nitrogens with zero attached hydrogens (tertiary/aromatic N) is 5. The Bertz CT molecular complexity index is 1280. The van der Waals surface area contributed by atoms with Crippen molar-refractivity contribution in [3.05, 3.63) is 65.1 Å². The minimum Gasteiger partial charge on any atom is -0.337 e. The van der Waals surface area contributed by atoms with Crippen LogP contribution in [0.5, 0.6) is 0 Å². The van der Waals surface area contributed by atoms with E-state index in [1.54, 1.807) is 17.3 Å². The summed E-state index contributed by atoms with van der Waals surface area (Å²) in [4.78, 5) is 35.4. The van der Waals surface area contributed by atoms with Gasteiger partial charge in [-0.1, -0.05) is 18.2 Å². The normalized spacial score (nSPS) is 19.1. The lowest BCUT2D eigenvalue weighted by Crippen LogP contribution is -2.72. The van der Waals surface area contributed by atoms with Gasteiger partial charge >= 0.3 is 0 Å². The molecule has 0 unspecified atom stereocenters. The van der Waals surface area contributed by atoms with E-state index < -0.39 is 0 Å². The van der Waals surface area contributed by atoms with Crippen molar-refractivity contribution in [3.8, 4) is 11.3 Å². The van der Waals surface area contributed by atoms with E-state index in [9.17, 15) is 9.59 Å². The number of hydrogen-bond acceptors (Lipinski definition) is 5. The van der Waals surface area contributed by atoms with Gasteiger partial charge in [0.1, 0.15) is 0 Å². The summed E-state index contributed by atoms with van der Waals surface area (Å²) in [6, 6.07) is 8.09. The van der Waals surface area contributed by atoms with Gasteiger partial charge in [0.05, 0.1) is 16.9 Å². The second-order valence-corrected chi connectivity index (χ2v) is 10.0. The lowest BCUT2D eigenvalue weighted by atomic mass is 9.72. The number of aromatic amines is 1. The summed E-state index contributed by atoms with van der Waals surface area (Å²) in [5.41, 5.74) is 7.10. The Morgan fingerprint density at radius 1 is 1.15 bits per heavy atom. The van der Waals surface area contributed by atoms with E-state index in [4.69, 9.17) is 0 Å². The number of anilines is 1. The van der Waals surface area contributed by atoms with E-state index in [2.05, 4.69) is 38.3 Å². The van der Waals surface area contributed by atoms with Crippen LogP contribution in [0.4, 0.5) is 5.69 Å². The fourth-order valence-electron chi connectivity index (χ4n) is 5.80. The number of carbonyl (C=O) groups is 2. The average Bonchev–Trinajstić information content (AvgIpc) is 3.24. The maximum atomic E-state index is 12.8. The van der Waals surface area contributed by atoms with Crippen LogP contribution in [-0.2, 0) is 17.8 Å². The molecule has 5 heterocycles. The zero-order valence-corrected chi connectivity index (χ0v) is 19.5. The zero-order valence-electron chi connectivity index (χ0n) is 19.5. The summed E-state index contributed by atoms with van der Waals surface area (Å²) in [7, 11) is 1.85. The Labute approximate surface area is 198 Å². The van der Waals surface area contributed by atoms with Crippen molar-refractivity contribution in [2.75, 3.05) is 38.1 Å². The van der Waals surface area contributed by atoms with Gasteiger partial charge in [-0.15, -0.1) is 0 Å². The van der Waals surface area contributed by atoms with Crippen molar-refractivity contribution in [2.45, 2.75) is 26.3 Å². The molecule has 0 saturated carbocycles.